The molecule has 6 nitrogen and oxygen atoms in total. The van der Waals surface area contributed by atoms with Crippen molar-refractivity contribution in [3.05, 3.63) is 0 Å². The van der Waals surface area contributed by atoms with Gasteiger partial charge in [-0.05, 0) is 0 Å². The average molecular weight is 215 g/mol. The van der Waals surface area contributed by atoms with E-state index in [0.717, 1.165) is 26.2 Å². The van der Waals surface area contributed by atoms with Gasteiger partial charge in [0.25, 0.3) is 0 Å². The highest BCUT2D eigenvalue weighted by molar-refractivity contribution is 5.82. The minimum absolute atomic E-state index is 0.140. The lowest BCUT2D eigenvalue weighted by Gasteiger charge is -2.28. The second kappa shape index (κ2) is 5.67. The number of aliphatic carboxylic acids is 1. The number of hydrogen-bond acceptors (Lipinski definition) is 4. The average Bonchev–Trinajstić information content (AvgIpc) is 2.18. The molecule has 0 aromatic rings. The van der Waals surface area contributed by atoms with Gasteiger partial charge < -0.3 is 15.3 Å². The lowest BCUT2D eigenvalue weighted by molar-refractivity contribution is -0.143. The minimum atomic E-state index is -0.980. The summed E-state index contributed by atoms with van der Waals surface area (Å²) in [6, 6.07) is 0. The van der Waals surface area contributed by atoms with Gasteiger partial charge in [0.2, 0.25) is 5.91 Å². The summed E-state index contributed by atoms with van der Waals surface area (Å²) >= 11 is 0. The number of hydrogen-bond donors (Lipinski definition) is 2. The van der Waals surface area contributed by atoms with Gasteiger partial charge in [-0.2, -0.15) is 0 Å². The third-order valence-electron chi connectivity index (χ3n) is 2.37. The maximum absolute atomic E-state index is 11.5. The number of nitrogens with one attached hydrogen (secondary N) is 1. The van der Waals surface area contributed by atoms with E-state index in [1.807, 2.05) is 4.90 Å². The van der Waals surface area contributed by atoms with Crippen LogP contribution in [0.3, 0.4) is 0 Å². The molecule has 86 valence electrons. The molecule has 1 heterocycles. The zero-order valence-corrected chi connectivity index (χ0v) is 8.90. The normalized spacial score (nSPS) is 17.4. The maximum atomic E-state index is 11.5. The Kier molecular flexibility index (Phi) is 4.51. The summed E-state index contributed by atoms with van der Waals surface area (Å²) in [6.07, 6.45) is 0. The van der Waals surface area contributed by atoms with E-state index in [1.165, 1.54) is 11.9 Å². The summed E-state index contributed by atoms with van der Waals surface area (Å²) in [5, 5.41) is 11.7. The predicted octanol–water partition coefficient (Wildman–Crippen LogP) is -1.57. The Bertz CT molecular complexity index is 239. The van der Waals surface area contributed by atoms with Crippen LogP contribution in [0.2, 0.25) is 0 Å². The van der Waals surface area contributed by atoms with Crippen LogP contribution >= 0.6 is 0 Å². The van der Waals surface area contributed by atoms with Gasteiger partial charge in [-0.3, -0.25) is 14.5 Å². The largest absolute Gasteiger partial charge is 0.480 e. The van der Waals surface area contributed by atoms with Gasteiger partial charge in [0.15, 0.2) is 0 Å². The maximum Gasteiger partial charge on any atom is 0.323 e. The summed E-state index contributed by atoms with van der Waals surface area (Å²) in [4.78, 5) is 25.2. The molecule has 1 saturated heterocycles. The topological polar surface area (TPSA) is 72.9 Å². The van der Waals surface area contributed by atoms with Gasteiger partial charge in [-0.25, -0.2) is 0 Å². The van der Waals surface area contributed by atoms with Crippen LogP contribution in [0, 0.1) is 0 Å². The van der Waals surface area contributed by atoms with Gasteiger partial charge in [-0.15, -0.1) is 0 Å². The van der Waals surface area contributed by atoms with E-state index < -0.39 is 5.97 Å². The number of piperazine rings is 1. The Morgan fingerprint density at radius 2 is 2.00 bits per heavy atom. The minimum Gasteiger partial charge on any atom is -0.480 e. The van der Waals surface area contributed by atoms with Crippen molar-refractivity contribution in [2.24, 2.45) is 0 Å². The molecule has 1 fully saturated rings. The van der Waals surface area contributed by atoms with E-state index in [2.05, 4.69) is 5.32 Å². The van der Waals surface area contributed by atoms with Crippen molar-refractivity contribution >= 4 is 11.9 Å². The third-order valence-corrected chi connectivity index (χ3v) is 2.37. The van der Waals surface area contributed by atoms with Crippen LogP contribution in [-0.2, 0) is 9.59 Å². The fourth-order valence-electron chi connectivity index (χ4n) is 1.47. The second-order valence-corrected chi connectivity index (χ2v) is 3.67. The summed E-state index contributed by atoms with van der Waals surface area (Å²) in [5.41, 5.74) is 0. The summed E-state index contributed by atoms with van der Waals surface area (Å²) in [6.45, 7) is 3.53. The first-order valence-electron chi connectivity index (χ1n) is 4.98. The highest BCUT2D eigenvalue weighted by Crippen LogP contribution is 1.94. The van der Waals surface area contributed by atoms with Crippen LogP contribution < -0.4 is 5.32 Å². The molecule has 0 unspecified atom stereocenters. The Hall–Kier alpha value is -1.14. The van der Waals surface area contributed by atoms with Crippen LogP contribution in [0.4, 0.5) is 0 Å². The van der Waals surface area contributed by atoms with E-state index in [4.69, 9.17) is 5.11 Å². The molecule has 1 aliphatic rings. The van der Waals surface area contributed by atoms with Crippen molar-refractivity contribution in [1.82, 2.24) is 15.1 Å². The summed E-state index contributed by atoms with van der Waals surface area (Å²) in [5.74, 6) is -1.12. The number of carboxylic acid groups (broad SMARTS) is 1. The molecule has 0 aromatic heterocycles. The molecule has 0 bridgehead atoms. The molecule has 0 spiro atoms. The molecule has 1 aliphatic heterocycles. The fraction of sp³-hybridized carbons (Fsp3) is 0.778. The zero-order valence-electron chi connectivity index (χ0n) is 8.90. The van der Waals surface area contributed by atoms with E-state index in [0.29, 0.717) is 6.54 Å². The standard InChI is InChI=1S/C9H17N3O3/c1-11(7-9(14)15)8(13)6-12-4-2-10-3-5-12/h10H,2-7H2,1H3,(H,14,15). The first kappa shape index (κ1) is 11.9. The number of amides is 1. The number of carbonyl (C=O) groups excluding carboxylic acids is 1. The van der Waals surface area contributed by atoms with Gasteiger partial charge in [0, 0.05) is 33.2 Å². The molecule has 1 rings (SSSR count). The lowest BCUT2D eigenvalue weighted by atomic mass is 10.3. The lowest BCUT2D eigenvalue weighted by Crippen LogP contribution is -2.48. The summed E-state index contributed by atoms with van der Waals surface area (Å²) in [7, 11) is 1.51. The SMILES string of the molecule is CN(CC(=O)O)C(=O)CN1CCNCC1. The van der Waals surface area contributed by atoms with Crippen molar-refractivity contribution in [2.45, 2.75) is 0 Å². The van der Waals surface area contributed by atoms with Crippen molar-refractivity contribution in [3.8, 4) is 0 Å². The number of carboxylic acids is 1. The van der Waals surface area contributed by atoms with Crippen LogP contribution in [-0.4, -0.2) is 73.1 Å². The first-order valence-corrected chi connectivity index (χ1v) is 4.98. The Morgan fingerprint density at radius 3 is 2.53 bits per heavy atom. The van der Waals surface area contributed by atoms with Gasteiger partial charge >= 0.3 is 5.97 Å². The molecule has 1 amide bonds. The molecular formula is C9H17N3O3. The van der Waals surface area contributed by atoms with Crippen LogP contribution in [0.15, 0.2) is 0 Å². The van der Waals surface area contributed by atoms with E-state index in [1.54, 1.807) is 0 Å². The number of carbonyl (C=O) groups is 2. The van der Waals surface area contributed by atoms with Crippen molar-refractivity contribution in [2.75, 3.05) is 46.3 Å². The molecule has 0 aliphatic carbocycles. The molecule has 0 saturated carbocycles. The van der Waals surface area contributed by atoms with Crippen molar-refractivity contribution < 1.29 is 14.7 Å². The molecule has 15 heavy (non-hydrogen) atoms. The second-order valence-electron chi connectivity index (χ2n) is 3.67. The Morgan fingerprint density at radius 1 is 1.40 bits per heavy atom. The summed E-state index contributed by atoms with van der Waals surface area (Å²) < 4.78 is 0. The molecule has 6 heteroatoms. The van der Waals surface area contributed by atoms with E-state index in [9.17, 15) is 9.59 Å². The number of rotatable bonds is 4. The third kappa shape index (κ3) is 4.26. The quantitative estimate of drug-likeness (QED) is 0.593. The molecule has 0 atom stereocenters. The predicted molar refractivity (Wildman–Crippen MR) is 54.6 cm³/mol. The van der Waals surface area contributed by atoms with E-state index >= 15 is 0 Å². The fourth-order valence-corrected chi connectivity index (χ4v) is 1.47. The molecular weight excluding hydrogens is 198 g/mol. The Labute approximate surface area is 88.8 Å². The van der Waals surface area contributed by atoms with Crippen LogP contribution in [0.1, 0.15) is 0 Å². The molecule has 2 N–H and O–H groups in total. The number of nitrogens with zero attached hydrogens (tertiary/aromatic N) is 2. The smallest absolute Gasteiger partial charge is 0.323 e. The van der Waals surface area contributed by atoms with Gasteiger partial charge in [0.05, 0.1) is 6.54 Å². The van der Waals surface area contributed by atoms with Crippen LogP contribution in [0.25, 0.3) is 0 Å². The van der Waals surface area contributed by atoms with Crippen molar-refractivity contribution in [1.29, 1.82) is 0 Å². The monoisotopic (exact) mass is 215 g/mol. The highest BCUT2D eigenvalue weighted by atomic mass is 16.4. The van der Waals surface area contributed by atoms with E-state index in [-0.39, 0.29) is 12.5 Å². The van der Waals surface area contributed by atoms with Crippen LogP contribution in [0.5, 0.6) is 0 Å². The van der Waals surface area contributed by atoms with Gasteiger partial charge in [0.1, 0.15) is 6.54 Å². The first-order chi connectivity index (χ1) is 7.09. The van der Waals surface area contributed by atoms with Crippen molar-refractivity contribution in [3.63, 3.8) is 0 Å². The molecule has 0 radical (unpaired) electrons. The van der Waals surface area contributed by atoms with Gasteiger partial charge in [-0.1, -0.05) is 0 Å². The highest BCUT2D eigenvalue weighted by Gasteiger charge is 2.17. The molecule has 0 aromatic carbocycles. The zero-order chi connectivity index (χ0) is 11.3. The number of likely N-dealkylation sites (N-methyl/N-ethyl adjacent to an activating group) is 1. The Balaban J connectivity index is 2.30.